The summed E-state index contributed by atoms with van der Waals surface area (Å²) in [5.41, 5.74) is 2.04. The fourth-order valence-electron chi connectivity index (χ4n) is 2.16. The Morgan fingerprint density at radius 2 is 1.80 bits per heavy atom. The molecule has 2 rings (SSSR count). The average Bonchev–Trinajstić information content (AvgIpc) is 3.11. The summed E-state index contributed by atoms with van der Waals surface area (Å²) < 4.78 is 10.6. The minimum absolute atomic E-state index is 0.129. The van der Waals surface area contributed by atoms with Crippen molar-refractivity contribution < 1.29 is 19.1 Å². The van der Waals surface area contributed by atoms with E-state index in [4.69, 9.17) is 15.3 Å². The van der Waals surface area contributed by atoms with Crippen LogP contribution in [0.2, 0.25) is 0 Å². The molecule has 0 spiro atoms. The molecule has 1 aromatic heterocycles. The van der Waals surface area contributed by atoms with E-state index in [0.29, 0.717) is 22.8 Å². The molecular weight excluding hydrogens is 282 g/mol. The van der Waals surface area contributed by atoms with Crippen LogP contribution in [0.4, 0.5) is 0 Å². The highest BCUT2D eigenvalue weighted by molar-refractivity contribution is 7.15. The first-order chi connectivity index (χ1) is 9.60. The minimum atomic E-state index is -0.403. The highest BCUT2D eigenvalue weighted by Crippen LogP contribution is 2.22. The van der Waals surface area contributed by atoms with Crippen molar-refractivity contribution in [3.05, 3.63) is 21.9 Å². The van der Waals surface area contributed by atoms with Crippen molar-refractivity contribution in [3.8, 4) is 0 Å². The molecule has 1 aromatic rings. The van der Waals surface area contributed by atoms with Crippen LogP contribution in [-0.4, -0.2) is 56.2 Å². The van der Waals surface area contributed by atoms with Gasteiger partial charge in [-0.3, -0.25) is 15.0 Å². The molecule has 8 heteroatoms. The van der Waals surface area contributed by atoms with Crippen LogP contribution in [0.25, 0.3) is 0 Å². The summed E-state index contributed by atoms with van der Waals surface area (Å²) >= 11 is 1.11. The third-order valence-corrected chi connectivity index (χ3v) is 4.35. The molecule has 1 aliphatic rings. The van der Waals surface area contributed by atoms with Gasteiger partial charge in [-0.15, -0.1) is 11.3 Å². The van der Waals surface area contributed by atoms with Crippen LogP contribution in [0.1, 0.15) is 19.3 Å². The van der Waals surface area contributed by atoms with Crippen molar-refractivity contribution in [3.63, 3.8) is 0 Å². The Morgan fingerprint density at radius 3 is 2.30 bits per heavy atom. The molecule has 0 aliphatic carbocycles. The van der Waals surface area contributed by atoms with E-state index in [9.17, 15) is 9.59 Å². The summed E-state index contributed by atoms with van der Waals surface area (Å²) in [7, 11) is 3.19. The van der Waals surface area contributed by atoms with Gasteiger partial charge in [-0.25, -0.2) is 5.84 Å². The molecule has 1 saturated heterocycles. The number of methoxy groups -OCH3 is 2. The van der Waals surface area contributed by atoms with E-state index in [0.717, 1.165) is 11.3 Å². The van der Waals surface area contributed by atoms with Gasteiger partial charge in [-0.2, -0.15) is 0 Å². The molecule has 110 valence electrons. The smallest absolute Gasteiger partial charge is 0.275 e. The van der Waals surface area contributed by atoms with E-state index < -0.39 is 5.91 Å². The topological polar surface area (TPSA) is 93.9 Å². The van der Waals surface area contributed by atoms with Crippen molar-refractivity contribution in [2.24, 2.45) is 5.84 Å². The fourth-order valence-corrected chi connectivity index (χ4v) is 3.04. The lowest BCUT2D eigenvalue weighted by Gasteiger charge is -2.14. The first-order valence-electron chi connectivity index (χ1n) is 6.06. The van der Waals surface area contributed by atoms with Gasteiger partial charge in [0.25, 0.3) is 11.8 Å². The predicted octanol–water partition coefficient (Wildman–Crippen LogP) is -0.163. The van der Waals surface area contributed by atoms with E-state index >= 15 is 0 Å². The molecule has 1 aliphatic heterocycles. The van der Waals surface area contributed by atoms with Crippen molar-refractivity contribution in [1.82, 2.24) is 10.3 Å². The number of carbonyl (C=O) groups is 2. The summed E-state index contributed by atoms with van der Waals surface area (Å²) in [5.74, 6) is 4.53. The zero-order chi connectivity index (χ0) is 14.7. The second-order valence-electron chi connectivity index (χ2n) is 4.40. The number of rotatable bonds is 4. The van der Waals surface area contributed by atoms with Crippen LogP contribution in [-0.2, 0) is 9.47 Å². The van der Waals surface area contributed by atoms with E-state index in [1.807, 2.05) is 5.43 Å². The van der Waals surface area contributed by atoms with E-state index in [1.54, 1.807) is 31.3 Å². The lowest BCUT2D eigenvalue weighted by atomic mass is 10.3. The Hall–Kier alpha value is -1.48. The summed E-state index contributed by atoms with van der Waals surface area (Å²) in [5, 5.41) is 0. The molecule has 0 aromatic carbocycles. The first kappa shape index (κ1) is 14.9. The van der Waals surface area contributed by atoms with Gasteiger partial charge >= 0.3 is 0 Å². The molecule has 7 nitrogen and oxygen atoms in total. The van der Waals surface area contributed by atoms with Gasteiger partial charge in [0.1, 0.15) is 12.2 Å². The van der Waals surface area contributed by atoms with Crippen LogP contribution in [0.15, 0.2) is 12.1 Å². The Morgan fingerprint density at radius 1 is 1.25 bits per heavy atom. The summed E-state index contributed by atoms with van der Waals surface area (Å²) in [6, 6.07) is 3.21. The van der Waals surface area contributed by atoms with Gasteiger partial charge in [0.05, 0.1) is 9.75 Å². The van der Waals surface area contributed by atoms with Gasteiger partial charge < -0.3 is 14.4 Å². The largest absolute Gasteiger partial charge is 0.377 e. The van der Waals surface area contributed by atoms with E-state index in [1.165, 1.54) is 0 Å². The van der Waals surface area contributed by atoms with Crippen molar-refractivity contribution in [2.45, 2.75) is 12.2 Å². The molecule has 0 radical (unpaired) electrons. The van der Waals surface area contributed by atoms with Gasteiger partial charge in [0.15, 0.2) is 0 Å². The Bertz CT molecular complexity index is 493. The van der Waals surface area contributed by atoms with Crippen LogP contribution < -0.4 is 11.3 Å². The van der Waals surface area contributed by atoms with Crippen LogP contribution in [0.3, 0.4) is 0 Å². The zero-order valence-corrected chi connectivity index (χ0v) is 12.1. The lowest BCUT2D eigenvalue weighted by molar-refractivity contribution is -0.00461. The zero-order valence-electron chi connectivity index (χ0n) is 11.3. The number of hydrogen-bond donors (Lipinski definition) is 2. The SMILES string of the molecule is COC1CN(C(=O)c2ccc(C(=O)NN)s2)CC1OC. The first-order valence-corrected chi connectivity index (χ1v) is 6.88. The number of nitrogens with one attached hydrogen (secondary N) is 1. The predicted molar refractivity (Wildman–Crippen MR) is 73.5 cm³/mol. The average molecular weight is 299 g/mol. The fraction of sp³-hybridized carbons (Fsp3) is 0.500. The number of hydrogen-bond acceptors (Lipinski definition) is 6. The maximum absolute atomic E-state index is 12.4. The molecule has 1 fully saturated rings. The Balaban J connectivity index is 2.08. The highest BCUT2D eigenvalue weighted by atomic mass is 32.1. The number of carbonyl (C=O) groups excluding carboxylic acids is 2. The monoisotopic (exact) mass is 299 g/mol. The summed E-state index contributed by atoms with van der Waals surface area (Å²) in [4.78, 5) is 26.3. The molecular formula is C12H17N3O4S. The van der Waals surface area contributed by atoms with Crippen LogP contribution >= 0.6 is 11.3 Å². The number of amides is 2. The third-order valence-electron chi connectivity index (χ3n) is 3.28. The number of nitrogen functional groups attached to an aromatic ring is 1. The van der Waals surface area contributed by atoms with Gasteiger partial charge in [-0.05, 0) is 12.1 Å². The maximum atomic E-state index is 12.4. The number of hydrazine groups is 1. The molecule has 2 heterocycles. The van der Waals surface area contributed by atoms with Crippen LogP contribution in [0, 0.1) is 0 Å². The maximum Gasteiger partial charge on any atom is 0.275 e. The van der Waals surface area contributed by atoms with Crippen molar-refractivity contribution >= 4 is 23.2 Å². The number of likely N-dealkylation sites (tertiary alicyclic amines) is 1. The minimum Gasteiger partial charge on any atom is -0.377 e. The van der Waals surface area contributed by atoms with E-state index in [-0.39, 0.29) is 18.1 Å². The second-order valence-corrected chi connectivity index (χ2v) is 5.48. The van der Waals surface area contributed by atoms with E-state index in [2.05, 4.69) is 0 Å². The Kier molecular flexibility index (Phi) is 4.71. The van der Waals surface area contributed by atoms with Crippen LogP contribution in [0.5, 0.6) is 0 Å². The molecule has 2 unspecified atom stereocenters. The molecule has 0 bridgehead atoms. The summed E-state index contributed by atoms with van der Waals surface area (Å²) in [6.07, 6.45) is -0.258. The Labute approximate surface area is 120 Å². The highest BCUT2D eigenvalue weighted by Gasteiger charge is 2.36. The standard InChI is InChI=1S/C12H17N3O4S/c1-18-7-5-15(6-8(7)19-2)12(17)10-4-3-9(20-10)11(16)14-13/h3-4,7-8H,5-6,13H2,1-2H3,(H,14,16). The number of nitrogens with zero attached hydrogens (tertiary/aromatic N) is 1. The lowest BCUT2D eigenvalue weighted by Crippen LogP contribution is -2.30. The second kappa shape index (κ2) is 6.31. The third kappa shape index (κ3) is 2.83. The van der Waals surface area contributed by atoms with Gasteiger partial charge in [0, 0.05) is 27.3 Å². The molecule has 2 atom stereocenters. The number of nitrogens with two attached hydrogens (primary N) is 1. The van der Waals surface area contributed by atoms with Gasteiger partial charge in [0.2, 0.25) is 0 Å². The molecule has 2 amide bonds. The quantitative estimate of drug-likeness (QED) is 0.458. The normalized spacial score (nSPS) is 22.1. The van der Waals surface area contributed by atoms with Crippen molar-refractivity contribution in [1.29, 1.82) is 0 Å². The number of thiophene rings is 1. The number of ether oxygens (including phenoxy) is 2. The van der Waals surface area contributed by atoms with Crippen molar-refractivity contribution in [2.75, 3.05) is 27.3 Å². The van der Waals surface area contributed by atoms with Gasteiger partial charge in [-0.1, -0.05) is 0 Å². The molecule has 0 saturated carbocycles. The molecule has 20 heavy (non-hydrogen) atoms. The summed E-state index contributed by atoms with van der Waals surface area (Å²) in [6.45, 7) is 0.953. The molecule has 3 N–H and O–H groups in total.